The Balaban J connectivity index is 3.46. The molecule has 0 aromatic heterocycles. The zero-order chi connectivity index (χ0) is 12.7. The first kappa shape index (κ1) is 13.4. The van der Waals surface area contributed by atoms with E-state index in [1.165, 1.54) is 22.6 Å². The van der Waals surface area contributed by atoms with Crippen molar-refractivity contribution >= 4 is 28.3 Å². The standard InChI is InChI=1S/C8H4F6IN/c9-7(10,11)3-1-4(8(12,13)14)6(16)5(15)2-3/h1-2H,16H2. The quantitative estimate of drug-likeness (QED) is 0.426. The second-order valence-corrected chi connectivity index (χ2v) is 4.08. The average Bonchev–Trinajstić information content (AvgIpc) is 2.05. The van der Waals surface area contributed by atoms with E-state index in [0.29, 0.717) is 6.07 Å². The lowest BCUT2D eigenvalue weighted by atomic mass is 10.1. The maximum atomic E-state index is 12.3. The van der Waals surface area contributed by atoms with Crippen LogP contribution in [0.4, 0.5) is 32.0 Å². The molecule has 0 atom stereocenters. The van der Waals surface area contributed by atoms with Crippen LogP contribution in [-0.4, -0.2) is 0 Å². The SMILES string of the molecule is Nc1c(I)cc(C(F)(F)F)cc1C(F)(F)F. The number of nitrogens with two attached hydrogens (primary N) is 1. The average molecular weight is 355 g/mol. The summed E-state index contributed by atoms with van der Waals surface area (Å²) in [6.45, 7) is 0. The number of hydrogen-bond acceptors (Lipinski definition) is 1. The van der Waals surface area contributed by atoms with Crippen molar-refractivity contribution in [2.24, 2.45) is 0 Å². The molecule has 0 bridgehead atoms. The van der Waals surface area contributed by atoms with E-state index in [2.05, 4.69) is 0 Å². The van der Waals surface area contributed by atoms with Crippen LogP contribution >= 0.6 is 22.6 Å². The summed E-state index contributed by atoms with van der Waals surface area (Å²) in [7, 11) is 0. The van der Waals surface area contributed by atoms with Crippen LogP contribution < -0.4 is 5.73 Å². The lowest BCUT2D eigenvalue weighted by molar-refractivity contribution is -0.142. The third-order valence-electron chi connectivity index (χ3n) is 1.76. The molecule has 1 rings (SSSR count). The highest BCUT2D eigenvalue weighted by Crippen LogP contribution is 2.40. The highest BCUT2D eigenvalue weighted by Gasteiger charge is 2.38. The van der Waals surface area contributed by atoms with E-state index >= 15 is 0 Å². The largest absolute Gasteiger partial charge is 0.418 e. The summed E-state index contributed by atoms with van der Waals surface area (Å²) in [4.78, 5) is 0. The number of halogens is 7. The van der Waals surface area contributed by atoms with E-state index in [1.807, 2.05) is 0 Å². The van der Waals surface area contributed by atoms with Crippen LogP contribution in [0.2, 0.25) is 0 Å². The van der Waals surface area contributed by atoms with E-state index in [9.17, 15) is 26.3 Å². The van der Waals surface area contributed by atoms with E-state index in [1.54, 1.807) is 0 Å². The first-order chi connectivity index (χ1) is 7.03. The molecule has 90 valence electrons. The third-order valence-corrected chi connectivity index (χ3v) is 2.65. The van der Waals surface area contributed by atoms with Crippen LogP contribution in [0.3, 0.4) is 0 Å². The van der Waals surface area contributed by atoms with Gasteiger partial charge in [0.2, 0.25) is 0 Å². The fraction of sp³-hybridized carbons (Fsp3) is 0.250. The molecular weight excluding hydrogens is 351 g/mol. The molecule has 16 heavy (non-hydrogen) atoms. The van der Waals surface area contributed by atoms with Crippen molar-refractivity contribution in [1.82, 2.24) is 0 Å². The maximum absolute atomic E-state index is 12.3. The summed E-state index contributed by atoms with van der Waals surface area (Å²) in [6, 6.07) is 0.586. The minimum Gasteiger partial charge on any atom is -0.397 e. The number of anilines is 1. The molecule has 0 fully saturated rings. The van der Waals surface area contributed by atoms with Gasteiger partial charge in [0.05, 0.1) is 16.8 Å². The van der Waals surface area contributed by atoms with Crippen molar-refractivity contribution in [2.45, 2.75) is 12.4 Å². The first-order valence-corrected chi connectivity index (χ1v) is 4.85. The summed E-state index contributed by atoms with van der Waals surface area (Å²) >= 11 is 1.33. The molecule has 8 heteroatoms. The first-order valence-electron chi connectivity index (χ1n) is 3.77. The van der Waals surface area contributed by atoms with Crippen molar-refractivity contribution in [1.29, 1.82) is 0 Å². The summed E-state index contributed by atoms with van der Waals surface area (Å²) in [6.07, 6.45) is -9.72. The molecule has 0 aliphatic carbocycles. The lowest BCUT2D eigenvalue weighted by Crippen LogP contribution is -2.14. The normalized spacial score (nSPS) is 12.9. The maximum Gasteiger partial charge on any atom is 0.418 e. The lowest BCUT2D eigenvalue weighted by Gasteiger charge is -2.15. The molecule has 0 amide bonds. The molecule has 0 saturated carbocycles. The molecule has 0 aliphatic heterocycles. The number of rotatable bonds is 0. The van der Waals surface area contributed by atoms with E-state index in [-0.39, 0.29) is 9.64 Å². The van der Waals surface area contributed by atoms with Gasteiger partial charge < -0.3 is 5.73 Å². The van der Waals surface area contributed by atoms with Gasteiger partial charge in [-0.15, -0.1) is 0 Å². The topological polar surface area (TPSA) is 26.0 Å². The molecule has 1 aromatic carbocycles. The van der Waals surface area contributed by atoms with Crippen LogP contribution in [-0.2, 0) is 12.4 Å². The van der Waals surface area contributed by atoms with Gasteiger partial charge in [0.1, 0.15) is 0 Å². The number of nitrogen functional groups attached to an aromatic ring is 1. The van der Waals surface area contributed by atoms with Gasteiger partial charge in [0, 0.05) is 3.57 Å². The molecule has 0 unspecified atom stereocenters. The van der Waals surface area contributed by atoms with Crippen molar-refractivity contribution in [3.63, 3.8) is 0 Å². The fourth-order valence-corrected chi connectivity index (χ4v) is 1.64. The van der Waals surface area contributed by atoms with E-state index in [4.69, 9.17) is 5.73 Å². The van der Waals surface area contributed by atoms with Crippen molar-refractivity contribution in [2.75, 3.05) is 5.73 Å². The van der Waals surface area contributed by atoms with Crippen LogP contribution in [0.25, 0.3) is 0 Å². The van der Waals surface area contributed by atoms with Crippen LogP contribution in [0, 0.1) is 3.57 Å². The molecule has 0 heterocycles. The fourth-order valence-electron chi connectivity index (χ4n) is 1.02. The predicted octanol–water partition coefficient (Wildman–Crippen LogP) is 3.91. The van der Waals surface area contributed by atoms with Crippen LogP contribution in [0.1, 0.15) is 11.1 Å². The van der Waals surface area contributed by atoms with Gasteiger partial charge >= 0.3 is 12.4 Å². The van der Waals surface area contributed by atoms with Gasteiger partial charge in [-0.1, -0.05) is 0 Å². The number of hydrogen-bond donors (Lipinski definition) is 1. The Bertz CT molecular complexity index is 408. The predicted molar refractivity (Wildman–Crippen MR) is 53.6 cm³/mol. The van der Waals surface area contributed by atoms with Gasteiger partial charge in [-0.2, -0.15) is 26.3 Å². The van der Waals surface area contributed by atoms with Crippen LogP contribution in [0.5, 0.6) is 0 Å². The molecule has 2 N–H and O–H groups in total. The molecule has 0 saturated heterocycles. The van der Waals surface area contributed by atoms with Gasteiger partial charge in [-0.3, -0.25) is 0 Å². The van der Waals surface area contributed by atoms with Crippen molar-refractivity contribution in [3.05, 3.63) is 26.8 Å². The van der Waals surface area contributed by atoms with Gasteiger partial charge in [-0.25, -0.2) is 0 Å². The number of alkyl halides is 6. The van der Waals surface area contributed by atoms with Crippen molar-refractivity contribution < 1.29 is 26.3 Å². The zero-order valence-corrected chi connectivity index (χ0v) is 9.54. The van der Waals surface area contributed by atoms with Crippen molar-refractivity contribution in [3.8, 4) is 0 Å². The zero-order valence-electron chi connectivity index (χ0n) is 7.38. The Labute approximate surface area is 99.8 Å². The Morgan fingerprint density at radius 3 is 1.81 bits per heavy atom. The Hall–Kier alpha value is -0.670. The molecule has 1 aromatic rings. The molecule has 0 radical (unpaired) electrons. The molecule has 0 spiro atoms. The van der Waals surface area contributed by atoms with Gasteiger partial charge in [0.15, 0.2) is 0 Å². The molecular formula is C8H4F6IN. The van der Waals surface area contributed by atoms with Gasteiger partial charge in [-0.05, 0) is 34.7 Å². The van der Waals surface area contributed by atoms with Crippen LogP contribution in [0.15, 0.2) is 12.1 Å². The molecule has 1 nitrogen and oxygen atoms in total. The Kier molecular flexibility index (Phi) is 3.32. The summed E-state index contributed by atoms with van der Waals surface area (Å²) < 4.78 is 73.5. The monoisotopic (exact) mass is 355 g/mol. The second kappa shape index (κ2) is 3.97. The van der Waals surface area contributed by atoms with E-state index in [0.717, 1.165) is 0 Å². The third kappa shape index (κ3) is 2.71. The Morgan fingerprint density at radius 2 is 1.44 bits per heavy atom. The smallest absolute Gasteiger partial charge is 0.397 e. The van der Waals surface area contributed by atoms with E-state index < -0.39 is 29.2 Å². The second-order valence-electron chi connectivity index (χ2n) is 2.91. The summed E-state index contributed by atoms with van der Waals surface area (Å²) in [5.74, 6) is 0. The highest BCUT2D eigenvalue weighted by atomic mass is 127. The van der Waals surface area contributed by atoms with Gasteiger partial charge in [0.25, 0.3) is 0 Å². The summed E-state index contributed by atoms with van der Waals surface area (Å²) in [5.41, 5.74) is 1.56. The highest BCUT2D eigenvalue weighted by molar-refractivity contribution is 14.1. The molecule has 0 aliphatic rings. The summed E-state index contributed by atoms with van der Waals surface area (Å²) in [5, 5.41) is 0. The number of benzene rings is 1. The minimum atomic E-state index is -4.90. The minimum absolute atomic E-state index is 0.0114. The Morgan fingerprint density at radius 1 is 0.938 bits per heavy atom.